The van der Waals surface area contributed by atoms with Crippen LogP contribution in [0.1, 0.15) is 16.8 Å². The number of β-amino-alcohol motifs (C(OH)–C–C–N with tert-alkyl or cyclic N) is 1. The van der Waals surface area contributed by atoms with Crippen molar-refractivity contribution in [1.82, 2.24) is 10.2 Å². The lowest BCUT2D eigenvalue weighted by Gasteiger charge is -2.36. The van der Waals surface area contributed by atoms with Gasteiger partial charge in [0.25, 0.3) is 5.91 Å². The summed E-state index contributed by atoms with van der Waals surface area (Å²) in [7, 11) is 1.42. The van der Waals surface area contributed by atoms with E-state index in [2.05, 4.69) is 10.1 Å². The molecule has 0 bridgehead atoms. The van der Waals surface area contributed by atoms with E-state index in [4.69, 9.17) is 4.74 Å². The molecule has 0 radical (unpaired) electrons. The number of hydrogen-bond acceptors (Lipinski definition) is 5. The van der Waals surface area contributed by atoms with E-state index in [1.54, 1.807) is 0 Å². The van der Waals surface area contributed by atoms with Gasteiger partial charge in [-0.3, -0.25) is 9.59 Å². The van der Waals surface area contributed by atoms with Crippen molar-refractivity contribution >= 4 is 11.8 Å². The van der Waals surface area contributed by atoms with Crippen molar-refractivity contribution in [2.45, 2.75) is 25.2 Å². The Kier molecular flexibility index (Phi) is 6.65. The second-order valence-electron chi connectivity index (χ2n) is 5.61. The first-order chi connectivity index (χ1) is 11.9. The molecule has 1 aromatic carbocycles. The largest absolute Gasteiger partial charge is 0.435 e. The third-order valence-electron chi connectivity index (χ3n) is 3.86. The number of carbonyl (C=O) groups excluding carboxylic acids is 2. The number of piperidine rings is 1. The van der Waals surface area contributed by atoms with Gasteiger partial charge in [-0.15, -0.1) is 0 Å². The lowest BCUT2D eigenvalue weighted by atomic mass is 10.0. The number of amides is 2. The van der Waals surface area contributed by atoms with E-state index in [0.717, 1.165) is 0 Å². The number of nitrogens with zero attached hydrogens (tertiary/aromatic N) is 1. The molecule has 2 rings (SSSR count). The van der Waals surface area contributed by atoms with Gasteiger partial charge in [-0.1, -0.05) is 0 Å². The third-order valence-corrected chi connectivity index (χ3v) is 3.86. The molecule has 2 amide bonds. The average Bonchev–Trinajstić information content (AvgIpc) is 2.57. The maximum Gasteiger partial charge on any atom is 0.387 e. The lowest BCUT2D eigenvalue weighted by Crippen LogP contribution is -2.55. The Labute approximate surface area is 143 Å². The predicted octanol–water partition coefficient (Wildman–Crippen LogP) is 0.626. The summed E-state index contributed by atoms with van der Waals surface area (Å²) >= 11 is 0. The number of methoxy groups -OCH3 is 1. The van der Waals surface area contributed by atoms with E-state index in [1.165, 1.54) is 36.3 Å². The summed E-state index contributed by atoms with van der Waals surface area (Å²) in [6.45, 7) is -2.49. The summed E-state index contributed by atoms with van der Waals surface area (Å²) in [5, 5.41) is 12.8. The van der Waals surface area contributed by atoms with Crippen LogP contribution in [0.2, 0.25) is 0 Å². The first-order valence-electron chi connectivity index (χ1n) is 7.71. The van der Waals surface area contributed by atoms with Gasteiger partial charge < -0.3 is 24.8 Å². The number of hydrogen-bond donors (Lipinski definition) is 2. The Hall–Kier alpha value is -2.26. The van der Waals surface area contributed by atoms with Crippen molar-refractivity contribution in [1.29, 1.82) is 0 Å². The second-order valence-corrected chi connectivity index (χ2v) is 5.61. The van der Waals surface area contributed by atoms with Crippen LogP contribution in [0.5, 0.6) is 5.75 Å². The number of alkyl halides is 2. The molecule has 25 heavy (non-hydrogen) atoms. The fraction of sp³-hybridized carbons (Fsp3) is 0.500. The van der Waals surface area contributed by atoms with E-state index < -0.39 is 24.7 Å². The molecule has 9 heteroatoms. The minimum Gasteiger partial charge on any atom is -0.435 e. The molecule has 1 saturated heterocycles. The fourth-order valence-corrected chi connectivity index (χ4v) is 2.58. The van der Waals surface area contributed by atoms with Gasteiger partial charge in [0.15, 0.2) is 0 Å². The Balaban J connectivity index is 1.89. The highest BCUT2D eigenvalue weighted by atomic mass is 19.3. The third kappa shape index (κ3) is 5.36. The number of aliphatic hydroxyl groups is 1. The Morgan fingerprint density at radius 3 is 2.60 bits per heavy atom. The Morgan fingerprint density at radius 1 is 1.36 bits per heavy atom. The normalized spacial score (nSPS) is 20.4. The smallest absolute Gasteiger partial charge is 0.387 e. The number of halogens is 2. The number of nitrogens with one attached hydrogen (secondary N) is 1. The number of carbonyl (C=O) groups is 2. The van der Waals surface area contributed by atoms with Crippen molar-refractivity contribution < 1.29 is 33.0 Å². The molecule has 1 aliphatic rings. The molecule has 0 saturated carbocycles. The zero-order chi connectivity index (χ0) is 18.4. The van der Waals surface area contributed by atoms with E-state index in [-0.39, 0.29) is 30.4 Å². The number of aliphatic hydroxyl groups excluding tert-OH is 1. The van der Waals surface area contributed by atoms with Crippen LogP contribution in [0.15, 0.2) is 24.3 Å². The molecule has 1 aliphatic heterocycles. The van der Waals surface area contributed by atoms with Gasteiger partial charge in [0.1, 0.15) is 12.4 Å². The van der Waals surface area contributed by atoms with Gasteiger partial charge in [0.2, 0.25) is 5.91 Å². The molecule has 138 valence electrons. The minimum atomic E-state index is -2.93. The molecule has 0 unspecified atom stereocenters. The fourth-order valence-electron chi connectivity index (χ4n) is 2.58. The molecule has 0 aliphatic carbocycles. The van der Waals surface area contributed by atoms with Gasteiger partial charge in [-0.2, -0.15) is 8.78 Å². The molecule has 7 nitrogen and oxygen atoms in total. The van der Waals surface area contributed by atoms with E-state index in [9.17, 15) is 23.5 Å². The van der Waals surface area contributed by atoms with Crippen molar-refractivity contribution in [3.63, 3.8) is 0 Å². The summed E-state index contributed by atoms with van der Waals surface area (Å²) in [6.07, 6.45) is -0.505. The number of benzene rings is 1. The molecular weight excluding hydrogens is 338 g/mol. The van der Waals surface area contributed by atoms with Crippen LogP contribution in [0.3, 0.4) is 0 Å². The minimum absolute atomic E-state index is 0.0449. The van der Waals surface area contributed by atoms with Crippen molar-refractivity contribution in [3.05, 3.63) is 29.8 Å². The van der Waals surface area contributed by atoms with Crippen molar-refractivity contribution in [2.75, 3.05) is 26.8 Å². The lowest BCUT2D eigenvalue weighted by molar-refractivity contribution is -0.138. The van der Waals surface area contributed by atoms with Gasteiger partial charge in [-0.05, 0) is 30.7 Å². The summed E-state index contributed by atoms with van der Waals surface area (Å²) in [6, 6.07) is 4.75. The number of likely N-dealkylation sites (tertiary alicyclic amines) is 1. The van der Waals surface area contributed by atoms with E-state index in [0.29, 0.717) is 13.0 Å². The Bertz CT molecular complexity index is 597. The first kappa shape index (κ1) is 19.1. The van der Waals surface area contributed by atoms with Gasteiger partial charge >= 0.3 is 6.61 Å². The molecule has 1 heterocycles. The maximum absolute atomic E-state index is 12.2. The van der Waals surface area contributed by atoms with Crippen LogP contribution in [0.25, 0.3) is 0 Å². The summed E-state index contributed by atoms with van der Waals surface area (Å²) < 4.78 is 33.2. The molecule has 1 fully saturated rings. The quantitative estimate of drug-likeness (QED) is 0.779. The van der Waals surface area contributed by atoms with E-state index in [1.807, 2.05) is 0 Å². The summed E-state index contributed by atoms with van der Waals surface area (Å²) in [5.41, 5.74) is 0.256. The SMILES string of the molecule is COCC(=O)N1CC[C@@H](NC(=O)c2ccc(OC(F)F)cc2)[C@H](O)C1. The first-order valence-corrected chi connectivity index (χ1v) is 7.71. The highest BCUT2D eigenvalue weighted by Gasteiger charge is 2.31. The van der Waals surface area contributed by atoms with Crippen molar-refractivity contribution in [3.8, 4) is 5.75 Å². The van der Waals surface area contributed by atoms with Crippen molar-refractivity contribution in [2.24, 2.45) is 0 Å². The van der Waals surface area contributed by atoms with Gasteiger partial charge in [0.05, 0.1) is 12.1 Å². The summed E-state index contributed by atoms with van der Waals surface area (Å²) in [4.78, 5) is 25.4. The average molecular weight is 358 g/mol. The molecule has 2 N–H and O–H groups in total. The number of ether oxygens (including phenoxy) is 2. The molecular formula is C16H20F2N2O5. The van der Waals surface area contributed by atoms with Crippen LogP contribution in [-0.4, -0.2) is 67.4 Å². The van der Waals surface area contributed by atoms with Crippen LogP contribution in [-0.2, 0) is 9.53 Å². The topological polar surface area (TPSA) is 88.1 Å². The molecule has 1 aromatic rings. The Morgan fingerprint density at radius 2 is 2.04 bits per heavy atom. The van der Waals surface area contributed by atoms with Crippen LogP contribution in [0, 0.1) is 0 Å². The zero-order valence-electron chi connectivity index (χ0n) is 13.7. The zero-order valence-corrected chi connectivity index (χ0v) is 13.7. The van der Waals surface area contributed by atoms with Gasteiger partial charge in [-0.25, -0.2) is 0 Å². The molecule has 2 atom stereocenters. The molecule has 0 aromatic heterocycles. The van der Waals surface area contributed by atoms with Crippen LogP contribution >= 0.6 is 0 Å². The van der Waals surface area contributed by atoms with Crippen LogP contribution < -0.4 is 10.1 Å². The second kappa shape index (κ2) is 8.72. The number of rotatable bonds is 6. The van der Waals surface area contributed by atoms with Gasteiger partial charge in [0, 0.05) is 25.8 Å². The monoisotopic (exact) mass is 358 g/mol. The standard InChI is InChI=1S/C16H20F2N2O5/c1-24-9-14(22)20-7-6-12(13(21)8-20)19-15(23)10-2-4-11(5-3-10)25-16(17)18/h2-5,12-13,16,21H,6-9H2,1H3,(H,19,23)/t12-,13-/m1/s1. The summed E-state index contributed by atoms with van der Waals surface area (Å²) in [5.74, 6) is -0.707. The maximum atomic E-state index is 12.2. The predicted molar refractivity (Wildman–Crippen MR) is 83.4 cm³/mol. The highest BCUT2D eigenvalue weighted by molar-refractivity contribution is 5.94. The van der Waals surface area contributed by atoms with E-state index >= 15 is 0 Å². The molecule has 0 spiro atoms. The van der Waals surface area contributed by atoms with Crippen LogP contribution in [0.4, 0.5) is 8.78 Å². The highest BCUT2D eigenvalue weighted by Crippen LogP contribution is 2.16.